The summed E-state index contributed by atoms with van der Waals surface area (Å²) < 4.78 is 0.967. The van der Waals surface area contributed by atoms with Gasteiger partial charge in [-0.05, 0) is 38.5 Å². The number of ketones is 1. The van der Waals surface area contributed by atoms with Crippen molar-refractivity contribution in [2.24, 2.45) is 5.10 Å². The molecule has 0 aliphatic carbocycles. The number of thiazole rings is 1. The molecule has 0 amide bonds. The van der Waals surface area contributed by atoms with Crippen molar-refractivity contribution in [3.8, 4) is 11.3 Å². The lowest BCUT2D eigenvalue weighted by Gasteiger charge is -2.06. The average molecular weight is 470 g/mol. The van der Waals surface area contributed by atoms with Gasteiger partial charge in [-0.25, -0.2) is 4.98 Å². The number of aromatic nitrogens is 1. The predicted octanol–water partition coefficient (Wildman–Crippen LogP) is 6.21. The normalized spacial score (nSPS) is 12.1. The highest BCUT2D eigenvalue weighted by Crippen LogP contribution is 2.37. The van der Waals surface area contributed by atoms with Crippen molar-refractivity contribution in [3.63, 3.8) is 0 Å². The summed E-state index contributed by atoms with van der Waals surface area (Å²) in [4.78, 5) is 17.4. The molecule has 0 fully saturated rings. The first kappa shape index (κ1) is 21.0. The third-order valence-electron chi connectivity index (χ3n) is 4.12. The lowest BCUT2D eigenvalue weighted by molar-refractivity contribution is -0.111. The number of nitrogens with zero attached hydrogens (tertiary/aromatic N) is 2. The number of hydrazone groups is 1. The molecule has 0 spiro atoms. The molecule has 0 saturated heterocycles. The highest BCUT2D eigenvalue weighted by molar-refractivity contribution is 9.10. The van der Waals surface area contributed by atoms with Gasteiger partial charge in [-0.1, -0.05) is 69.2 Å². The molecule has 0 aliphatic rings. The topological polar surface area (TPSA) is 74.6 Å². The first-order valence-electron chi connectivity index (χ1n) is 8.89. The largest absolute Gasteiger partial charge is 0.512 e. The molecule has 0 aliphatic heterocycles. The molecule has 2 aromatic carbocycles. The molecule has 5 nitrogen and oxygen atoms in total. The number of hydrogen-bond donors (Lipinski definition) is 2. The number of carbonyl (C=O) groups is 1. The number of aryl methyl sites for hydroxylation is 1. The lowest BCUT2D eigenvalue weighted by atomic mass is 10.0. The second-order valence-electron chi connectivity index (χ2n) is 6.50. The van der Waals surface area contributed by atoms with Gasteiger partial charge >= 0.3 is 0 Å². The number of carbonyl (C=O) groups excluding carboxylic acids is 1. The molecule has 3 rings (SSSR count). The number of allylic oxidation sites excluding steroid dienone is 2. The number of aliphatic hydroxyl groups excluding tert-OH is 1. The van der Waals surface area contributed by atoms with E-state index in [2.05, 4.69) is 31.4 Å². The van der Waals surface area contributed by atoms with Crippen molar-refractivity contribution in [2.45, 2.75) is 20.8 Å². The minimum absolute atomic E-state index is 0.0290. The van der Waals surface area contributed by atoms with E-state index >= 15 is 0 Å². The van der Waals surface area contributed by atoms with Crippen LogP contribution in [0.5, 0.6) is 0 Å². The van der Waals surface area contributed by atoms with E-state index in [0.717, 1.165) is 21.2 Å². The van der Waals surface area contributed by atoms with Crippen LogP contribution < -0.4 is 5.43 Å². The molecule has 0 saturated carbocycles. The number of aliphatic hydroxyl groups is 1. The maximum absolute atomic E-state index is 12.2. The fourth-order valence-corrected chi connectivity index (χ4v) is 4.27. The van der Waals surface area contributed by atoms with Crippen molar-refractivity contribution >= 4 is 50.0 Å². The monoisotopic (exact) mass is 469 g/mol. The minimum Gasteiger partial charge on any atom is -0.512 e. The molecule has 3 aromatic rings. The molecule has 0 unspecified atom stereocenters. The Morgan fingerprint density at radius 2 is 1.93 bits per heavy atom. The lowest BCUT2D eigenvalue weighted by Crippen LogP contribution is -1.99. The van der Waals surface area contributed by atoms with Crippen molar-refractivity contribution in [3.05, 3.63) is 74.8 Å². The summed E-state index contributed by atoms with van der Waals surface area (Å²) in [5.74, 6) is -0.245. The summed E-state index contributed by atoms with van der Waals surface area (Å²) in [7, 11) is 0. The predicted molar refractivity (Wildman–Crippen MR) is 124 cm³/mol. The van der Waals surface area contributed by atoms with Crippen LogP contribution in [0.1, 0.15) is 29.9 Å². The summed E-state index contributed by atoms with van der Waals surface area (Å²) in [6.45, 7) is 4.95. The number of Topliss-reactive ketones (excluding diaryl/α,β-unsaturated/α-hetero) is 1. The maximum atomic E-state index is 12.2. The molecule has 148 valence electrons. The van der Waals surface area contributed by atoms with Gasteiger partial charge < -0.3 is 5.11 Å². The number of nitrogens with one attached hydrogen (secondary N) is 1. The maximum Gasteiger partial charge on any atom is 0.204 e. The van der Waals surface area contributed by atoms with Crippen molar-refractivity contribution in [1.29, 1.82) is 0 Å². The van der Waals surface area contributed by atoms with Crippen molar-refractivity contribution in [1.82, 2.24) is 4.98 Å². The van der Waals surface area contributed by atoms with E-state index in [0.29, 0.717) is 15.7 Å². The van der Waals surface area contributed by atoms with E-state index < -0.39 is 0 Å². The standard InChI is InChI=1S/C22H20BrN3O2S/c1-13-7-9-17(10-8-13)20-21(19(14(2)27)15(3)28)29-22(25-20)26-24-12-16-5-4-6-18(23)11-16/h4-12,27H,1-3H3,(H,25,26). The minimum atomic E-state index is -0.216. The Labute approximate surface area is 182 Å². The second-order valence-corrected chi connectivity index (χ2v) is 8.42. The Morgan fingerprint density at radius 1 is 1.21 bits per heavy atom. The van der Waals surface area contributed by atoms with Gasteiger partial charge in [0.15, 0.2) is 5.78 Å². The van der Waals surface area contributed by atoms with Crippen LogP contribution in [0.2, 0.25) is 0 Å². The highest BCUT2D eigenvalue weighted by atomic mass is 79.9. The number of halogens is 1. The summed E-state index contributed by atoms with van der Waals surface area (Å²) in [5, 5.41) is 14.9. The van der Waals surface area contributed by atoms with E-state index in [4.69, 9.17) is 0 Å². The Bertz CT molecular complexity index is 1100. The number of hydrogen-bond acceptors (Lipinski definition) is 6. The first-order valence-corrected chi connectivity index (χ1v) is 10.5. The molecular formula is C22H20BrN3O2S. The van der Waals surface area contributed by atoms with Gasteiger partial charge in [0.25, 0.3) is 0 Å². The van der Waals surface area contributed by atoms with E-state index in [-0.39, 0.29) is 17.1 Å². The van der Waals surface area contributed by atoms with Gasteiger partial charge in [0.2, 0.25) is 5.13 Å². The van der Waals surface area contributed by atoms with Gasteiger partial charge in [0, 0.05) is 10.0 Å². The highest BCUT2D eigenvalue weighted by Gasteiger charge is 2.21. The third-order valence-corrected chi connectivity index (χ3v) is 5.59. The Morgan fingerprint density at radius 3 is 2.55 bits per heavy atom. The van der Waals surface area contributed by atoms with Crippen LogP contribution in [0.15, 0.2) is 63.9 Å². The number of rotatable bonds is 6. The Kier molecular flexibility index (Phi) is 6.61. The molecule has 0 radical (unpaired) electrons. The van der Waals surface area contributed by atoms with Gasteiger partial charge in [0.1, 0.15) is 5.76 Å². The van der Waals surface area contributed by atoms with E-state index in [1.165, 1.54) is 25.2 Å². The SMILES string of the molecule is CC(=O)C(=C(C)O)c1sc(NN=Cc2cccc(Br)c2)nc1-c1ccc(C)cc1. The third kappa shape index (κ3) is 5.19. The Balaban J connectivity index is 1.99. The van der Waals surface area contributed by atoms with Crippen molar-refractivity contribution in [2.75, 3.05) is 5.43 Å². The first-order chi connectivity index (χ1) is 13.8. The van der Waals surface area contributed by atoms with Crippen LogP contribution in [0.3, 0.4) is 0 Å². The van der Waals surface area contributed by atoms with Crippen LogP contribution in [0, 0.1) is 6.92 Å². The second kappa shape index (κ2) is 9.15. The van der Waals surface area contributed by atoms with Gasteiger partial charge in [-0.15, -0.1) is 0 Å². The smallest absolute Gasteiger partial charge is 0.204 e. The fraction of sp³-hybridized carbons (Fsp3) is 0.136. The number of anilines is 1. The van der Waals surface area contributed by atoms with E-state index in [1.807, 2.05) is 55.5 Å². The summed E-state index contributed by atoms with van der Waals surface area (Å²) >= 11 is 4.71. The quantitative estimate of drug-likeness (QED) is 0.195. The molecular weight excluding hydrogens is 450 g/mol. The van der Waals surface area contributed by atoms with Crippen molar-refractivity contribution < 1.29 is 9.90 Å². The summed E-state index contributed by atoms with van der Waals surface area (Å²) in [6, 6.07) is 15.6. The molecule has 7 heteroatoms. The molecule has 29 heavy (non-hydrogen) atoms. The van der Waals surface area contributed by atoms with Gasteiger partial charge in [-0.2, -0.15) is 5.10 Å². The fourth-order valence-electron chi connectivity index (χ4n) is 2.77. The molecule has 0 bridgehead atoms. The zero-order valence-electron chi connectivity index (χ0n) is 16.2. The molecule has 0 atom stereocenters. The number of benzene rings is 2. The van der Waals surface area contributed by atoms with E-state index in [1.54, 1.807) is 6.21 Å². The van der Waals surface area contributed by atoms with Crippen LogP contribution in [-0.4, -0.2) is 22.1 Å². The van der Waals surface area contributed by atoms with Crippen LogP contribution in [0.4, 0.5) is 5.13 Å². The van der Waals surface area contributed by atoms with Crippen LogP contribution in [-0.2, 0) is 4.79 Å². The summed E-state index contributed by atoms with van der Waals surface area (Å²) in [6.07, 6.45) is 1.69. The van der Waals surface area contributed by atoms with E-state index in [9.17, 15) is 9.90 Å². The van der Waals surface area contributed by atoms with Gasteiger partial charge in [-0.3, -0.25) is 10.2 Å². The molecule has 1 heterocycles. The molecule has 1 aromatic heterocycles. The zero-order valence-corrected chi connectivity index (χ0v) is 18.6. The van der Waals surface area contributed by atoms with Crippen LogP contribution >= 0.6 is 27.3 Å². The van der Waals surface area contributed by atoms with Gasteiger partial charge in [0.05, 0.1) is 22.4 Å². The Hall–Kier alpha value is -2.77. The van der Waals surface area contributed by atoms with Crippen LogP contribution in [0.25, 0.3) is 16.8 Å². The molecule has 2 N–H and O–H groups in total. The summed E-state index contributed by atoms with van der Waals surface area (Å²) in [5.41, 5.74) is 6.76. The zero-order chi connectivity index (χ0) is 21.0. The average Bonchev–Trinajstić information content (AvgIpc) is 3.05.